The second kappa shape index (κ2) is 5.83. The molecule has 1 amide bonds. The van der Waals surface area contributed by atoms with Gasteiger partial charge in [-0.1, -0.05) is 6.08 Å². The summed E-state index contributed by atoms with van der Waals surface area (Å²) in [7, 11) is -4.67. The number of rotatable bonds is 1. The third kappa shape index (κ3) is 105. The fourth-order valence-corrected chi connectivity index (χ4v) is 0.164. The fourth-order valence-electron chi connectivity index (χ4n) is 0.164. The lowest BCUT2D eigenvalue weighted by Crippen LogP contribution is -2.04. The first-order valence-electron chi connectivity index (χ1n) is 2.39. The number of hydrogen-bond acceptors (Lipinski definition) is 3. The van der Waals surface area contributed by atoms with Crippen molar-refractivity contribution >= 4 is 16.3 Å². The van der Waals surface area contributed by atoms with Crippen LogP contribution < -0.4 is 5.73 Å². The van der Waals surface area contributed by atoms with Crippen LogP contribution in [-0.4, -0.2) is 23.4 Å². The molecule has 11 heavy (non-hydrogen) atoms. The number of carbonyl (C=O) groups is 1. The van der Waals surface area contributed by atoms with Gasteiger partial charge in [-0.2, -0.15) is 8.42 Å². The molecule has 0 aliphatic carbocycles. The second-order valence-corrected chi connectivity index (χ2v) is 2.25. The van der Waals surface area contributed by atoms with Crippen LogP contribution in [0.1, 0.15) is 6.92 Å². The van der Waals surface area contributed by atoms with Gasteiger partial charge in [0, 0.05) is 0 Å². The second-order valence-electron chi connectivity index (χ2n) is 1.35. The Bertz CT molecular complexity index is 221. The Morgan fingerprint density at radius 1 is 1.45 bits per heavy atom. The molecular weight excluding hydrogens is 174 g/mol. The van der Waals surface area contributed by atoms with E-state index < -0.39 is 16.3 Å². The van der Waals surface area contributed by atoms with Crippen molar-refractivity contribution in [3.8, 4) is 0 Å². The molecule has 0 rings (SSSR count). The molecule has 0 saturated heterocycles. The predicted molar refractivity (Wildman–Crippen MR) is 38.2 cm³/mol. The van der Waals surface area contributed by atoms with Gasteiger partial charge in [0.05, 0.1) is 0 Å². The molecule has 66 valence electrons. The third-order valence-corrected chi connectivity index (χ3v) is 0.331. The van der Waals surface area contributed by atoms with Crippen LogP contribution in [0.25, 0.3) is 0 Å². The Morgan fingerprint density at radius 2 is 1.73 bits per heavy atom. The lowest BCUT2D eigenvalue weighted by atomic mass is 10.5. The van der Waals surface area contributed by atoms with Crippen molar-refractivity contribution in [3.05, 3.63) is 12.2 Å². The maximum atomic E-state index is 9.73. The average molecular weight is 183 g/mol. The van der Waals surface area contributed by atoms with Crippen molar-refractivity contribution in [3.63, 3.8) is 0 Å². The van der Waals surface area contributed by atoms with E-state index in [1.165, 1.54) is 6.08 Å². The van der Waals surface area contributed by atoms with E-state index in [2.05, 4.69) is 5.73 Å². The summed E-state index contributed by atoms with van der Waals surface area (Å²) in [4.78, 5) is 9.73. The third-order valence-electron chi connectivity index (χ3n) is 0.331. The van der Waals surface area contributed by atoms with E-state index in [4.69, 9.17) is 17.5 Å². The molecule has 0 bridgehead atoms. The predicted octanol–water partition coefficient (Wildman–Crippen LogP) is -0.605. The zero-order valence-electron chi connectivity index (χ0n) is 5.76. The molecule has 0 radical (unpaired) electrons. The van der Waals surface area contributed by atoms with Gasteiger partial charge in [0.15, 0.2) is 0 Å². The van der Waals surface area contributed by atoms with Gasteiger partial charge in [-0.05, 0) is 13.0 Å². The summed E-state index contributed by atoms with van der Waals surface area (Å²) in [6.45, 7) is 1.74. The first-order valence-corrected chi connectivity index (χ1v) is 3.79. The normalized spacial score (nSPS) is 10.5. The molecule has 7 heteroatoms. The summed E-state index contributed by atoms with van der Waals surface area (Å²) in [6.07, 6.45) is 2.91. The zero-order chi connectivity index (χ0) is 9.49. The van der Waals surface area contributed by atoms with E-state index in [1.54, 1.807) is 13.0 Å². The van der Waals surface area contributed by atoms with Crippen molar-refractivity contribution in [1.29, 1.82) is 0 Å². The number of allylic oxidation sites excluding steroid dienone is 1. The molecule has 0 heterocycles. The molecule has 0 aliphatic heterocycles. The number of carbonyl (C=O) groups excluding carboxylic acids is 1. The lowest BCUT2D eigenvalue weighted by Gasteiger charge is -1.70. The molecule has 0 spiro atoms. The molecule has 0 aromatic carbocycles. The minimum atomic E-state index is -4.67. The molecule has 0 aromatic rings. The molecule has 6 nitrogen and oxygen atoms in total. The summed E-state index contributed by atoms with van der Waals surface area (Å²) in [5.41, 5.74) is 4.68. The fraction of sp³-hybridized carbons (Fsp3) is 0.250. The number of hydrogen-bond donors (Lipinski definition) is 3. The van der Waals surface area contributed by atoms with Gasteiger partial charge in [-0.3, -0.25) is 13.9 Å². The number of primary amides is 1. The van der Waals surface area contributed by atoms with Gasteiger partial charge < -0.3 is 5.73 Å². The van der Waals surface area contributed by atoms with Crippen LogP contribution in [0.3, 0.4) is 0 Å². The van der Waals surface area contributed by atoms with Gasteiger partial charge in [0.2, 0.25) is 5.91 Å². The minimum absolute atomic E-state index is 0.391. The van der Waals surface area contributed by atoms with Crippen molar-refractivity contribution < 1.29 is 22.3 Å². The van der Waals surface area contributed by atoms with Crippen LogP contribution in [0.15, 0.2) is 12.2 Å². The van der Waals surface area contributed by atoms with E-state index in [-0.39, 0.29) is 0 Å². The molecule has 0 atom stereocenters. The monoisotopic (exact) mass is 183 g/mol. The van der Waals surface area contributed by atoms with Crippen LogP contribution in [-0.2, 0) is 15.2 Å². The Kier molecular flexibility index (Phi) is 6.75. The summed E-state index contributed by atoms with van der Waals surface area (Å²) >= 11 is 0. The van der Waals surface area contributed by atoms with Crippen LogP contribution >= 0.6 is 0 Å². The number of nitrogens with two attached hydrogens (primary N) is 1. The first-order chi connectivity index (χ1) is 4.77. The maximum absolute atomic E-state index is 9.73. The Hall–Kier alpha value is -0.920. The minimum Gasteiger partial charge on any atom is -0.366 e. The van der Waals surface area contributed by atoms with E-state index in [0.29, 0.717) is 0 Å². The smallest absolute Gasteiger partial charge is 0.366 e. The van der Waals surface area contributed by atoms with Crippen molar-refractivity contribution in [2.45, 2.75) is 6.92 Å². The van der Waals surface area contributed by atoms with Crippen molar-refractivity contribution in [1.82, 2.24) is 0 Å². The topological polar surface area (TPSA) is 118 Å². The first kappa shape index (κ1) is 12.7. The van der Waals surface area contributed by atoms with Crippen LogP contribution in [0, 0.1) is 0 Å². The van der Waals surface area contributed by atoms with Gasteiger partial charge in [0.1, 0.15) is 0 Å². The van der Waals surface area contributed by atoms with E-state index in [0.717, 1.165) is 0 Å². The highest BCUT2D eigenvalue weighted by molar-refractivity contribution is 7.79. The highest BCUT2D eigenvalue weighted by Gasteiger charge is 1.84. The Balaban J connectivity index is 0. The SMILES string of the molecule is CC=CC(N)=O.O=S(=O)(O)O. The van der Waals surface area contributed by atoms with E-state index in [1.807, 2.05) is 0 Å². The van der Waals surface area contributed by atoms with Crippen LogP contribution in [0.5, 0.6) is 0 Å². The van der Waals surface area contributed by atoms with Crippen molar-refractivity contribution in [2.75, 3.05) is 0 Å². The Labute approximate surface area is 64.3 Å². The highest BCUT2D eigenvalue weighted by atomic mass is 32.3. The Morgan fingerprint density at radius 3 is 1.73 bits per heavy atom. The molecule has 0 saturated carbocycles. The van der Waals surface area contributed by atoms with Gasteiger partial charge in [-0.15, -0.1) is 0 Å². The van der Waals surface area contributed by atoms with Crippen LogP contribution in [0.4, 0.5) is 0 Å². The standard InChI is InChI=1S/C4H7NO.H2O4S/c1-2-3-4(5)6;1-5(2,3)4/h2-3H,1H3,(H2,5,6);(H2,1,2,3,4). The summed E-state index contributed by atoms with van der Waals surface area (Å²) in [6, 6.07) is 0. The molecule has 0 unspecified atom stereocenters. The van der Waals surface area contributed by atoms with Crippen molar-refractivity contribution in [2.24, 2.45) is 5.73 Å². The molecule has 0 fully saturated rings. The summed E-state index contributed by atoms with van der Waals surface area (Å²) in [5, 5.41) is 0. The quantitative estimate of drug-likeness (QED) is 0.370. The molecular formula is C4H9NO5S. The van der Waals surface area contributed by atoms with Crippen LogP contribution in [0.2, 0.25) is 0 Å². The van der Waals surface area contributed by atoms with E-state index >= 15 is 0 Å². The maximum Gasteiger partial charge on any atom is 0.394 e. The summed E-state index contributed by atoms with van der Waals surface area (Å²) in [5.74, 6) is -0.391. The zero-order valence-corrected chi connectivity index (χ0v) is 6.58. The van der Waals surface area contributed by atoms with Gasteiger partial charge in [-0.25, -0.2) is 0 Å². The lowest BCUT2D eigenvalue weighted by molar-refractivity contribution is -0.113. The average Bonchev–Trinajstić information content (AvgIpc) is 1.58. The van der Waals surface area contributed by atoms with E-state index in [9.17, 15) is 4.79 Å². The molecule has 0 aliphatic rings. The molecule has 0 aromatic heterocycles. The largest absolute Gasteiger partial charge is 0.394 e. The summed E-state index contributed by atoms with van der Waals surface area (Å²) < 4.78 is 31.6. The number of amides is 1. The highest BCUT2D eigenvalue weighted by Crippen LogP contribution is 1.62. The van der Waals surface area contributed by atoms with Gasteiger partial charge in [0.25, 0.3) is 0 Å². The molecule has 4 N–H and O–H groups in total. The van der Waals surface area contributed by atoms with Gasteiger partial charge >= 0.3 is 10.4 Å².